The van der Waals surface area contributed by atoms with Gasteiger partial charge in [-0.25, -0.2) is 0 Å². The van der Waals surface area contributed by atoms with E-state index >= 15 is 0 Å². The van der Waals surface area contributed by atoms with E-state index in [9.17, 15) is 9.59 Å². The molecule has 0 aromatic heterocycles. The number of rotatable bonds is 10. The Bertz CT molecular complexity index is 704. The summed E-state index contributed by atoms with van der Waals surface area (Å²) in [5.74, 6) is -0.571. The number of halogens is 1. The van der Waals surface area contributed by atoms with Crippen LogP contribution in [0.15, 0.2) is 54.6 Å². The molecule has 0 spiro atoms. The summed E-state index contributed by atoms with van der Waals surface area (Å²) in [5, 5.41) is 11.8. The average Bonchev–Trinajstić information content (AvgIpc) is 2.70. The van der Waals surface area contributed by atoms with Crippen LogP contribution in [0.2, 0.25) is 0 Å². The number of Topliss-reactive ketones (excluding diaryl/α,β-unsaturated/α-hetero) is 1. The Kier molecular flexibility index (Phi) is 10.3. The number of ether oxygens (including phenoxy) is 1. The lowest BCUT2D eigenvalue weighted by molar-refractivity contribution is -0.143. The number of ketones is 1. The van der Waals surface area contributed by atoms with E-state index in [1.165, 1.54) is 7.11 Å². The number of hydrogen-bond donors (Lipinski definition) is 2. The molecule has 0 radical (unpaired) electrons. The molecule has 27 heavy (non-hydrogen) atoms. The number of aliphatic hydroxyl groups excluding tert-OH is 1. The summed E-state index contributed by atoms with van der Waals surface area (Å²) in [6.07, 6.45) is 1.41. The van der Waals surface area contributed by atoms with Gasteiger partial charge in [0.2, 0.25) is 0 Å². The lowest BCUT2D eigenvalue weighted by atomic mass is 9.99. The monoisotopic (exact) mass is 391 g/mol. The minimum absolute atomic E-state index is 0. The Morgan fingerprint density at radius 2 is 1.63 bits per heavy atom. The first-order valence-corrected chi connectivity index (χ1v) is 8.76. The van der Waals surface area contributed by atoms with Gasteiger partial charge < -0.3 is 15.2 Å². The molecule has 2 aromatic rings. The van der Waals surface area contributed by atoms with Gasteiger partial charge in [-0.05, 0) is 30.5 Å². The Morgan fingerprint density at radius 1 is 1.00 bits per heavy atom. The van der Waals surface area contributed by atoms with Crippen molar-refractivity contribution in [3.05, 3.63) is 60.2 Å². The molecule has 0 bridgehead atoms. The maximum absolute atomic E-state index is 12.5. The van der Waals surface area contributed by atoms with Crippen molar-refractivity contribution < 1.29 is 19.4 Å². The Morgan fingerprint density at radius 3 is 2.22 bits per heavy atom. The van der Waals surface area contributed by atoms with Crippen LogP contribution in [0.25, 0.3) is 11.1 Å². The zero-order chi connectivity index (χ0) is 18.8. The quantitative estimate of drug-likeness (QED) is 0.369. The number of carbonyl (C=O) groups is 2. The fourth-order valence-corrected chi connectivity index (χ4v) is 2.68. The van der Waals surface area contributed by atoms with Crippen LogP contribution in [-0.4, -0.2) is 43.2 Å². The minimum atomic E-state index is -0.681. The molecule has 2 rings (SSSR count). The van der Waals surface area contributed by atoms with E-state index in [0.717, 1.165) is 17.5 Å². The van der Waals surface area contributed by atoms with Gasteiger partial charge in [-0.15, -0.1) is 12.4 Å². The highest BCUT2D eigenvalue weighted by molar-refractivity contribution is 5.99. The molecule has 0 fully saturated rings. The largest absolute Gasteiger partial charge is 0.468 e. The van der Waals surface area contributed by atoms with Crippen LogP contribution < -0.4 is 5.32 Å². The SMILES string of the molecule is COC(=O)C(CC(=O)c1ccc(-c2ccccc2)cc1)NCCCCO.Cl. The summed E-state index contributed by atoms with van der Waals surface area (Å²) in [7, 11) is 1.31. The summed E-state index contributed by atoms with van der Waals surface area (Å²) in [4.78, 5) is 24.4. The number of unbranched alkanes of at least 4 members (excludes halogenated alkanes) is 1. The van der Waals surface area contributed by atoms with Gasteiger partial charge in [0, 0.05) is 18.6 Å². The summed E-state index contributed by atoms with van der Waals surface area (Å²) in [6, 6.07) is 16.6. The number of methoxy groups -OCH3 is 1. The van der Waals surface area contributed by atoms with Gasteiger partial charge in [-0.1, -0.05) is 54.6 Å². The molecule has 5 nitrogen and oxygen atoms in total. The molecule has 6 heteroatoms. The number of aliphatic hydroxyl groups is 1. The van der Waals surface area contributed by atoms with E-state index in [2.05, 4.69) is 5.32 Å². The molecule has 0 aliphatic heterocycles. The molecular formula is C21H26ClNO4. The Balaban J connectivity index is 0.00000364. The van der Waals surface area contributed by atoms with Crippen molar-refractivity contribution in [2.45, 2.75) is 25.3 Å². The van der Waals surface area contributed by atoms with Crippen LogP contribution in [0, 0.1) is 0 Å². The molecule has 0 heterocycles. The third-order valence-electron chi connectivity index (χ3n) is 4.16. The number of carbonyl (C=O) groups excluding carboxylic acids is 2. The lowest BCUT2D eigenvalue weighted by Gasteiger charge is -2.16. The minimum Gasteiger partial charge on any atom is -0.468 e. The number of hydrogen-bond acceptors (Lipinski definition) is 5. The smallest absolute Gasteiger partial charge is 0.323 e. The third kappa shape index (κ3) is 7.13. The summed E-state index contributed by atoms with van der Waals surface area (Å²) < 4.78 is 4.78. The van der Waals surface area contributed by atoms with Crippen LogP contribution in [-0.2, 0) is 9.53 Å². The first-order valence-electron chi connectivity index (χ1n) is 8.76. The Labute approximate surface area is 166 Å². The van der Waals surface area contributed by atoms with Crippen molar-refractivity contribution >= 4 is 24.2 Å². The highest BCUT2D eigenvalue weighted by atomic mass is 35.5. The molecule has 146 valence electrons. The van der Waals surface area contributed by atoms with Gasteiger partial charge in [0.1, 0.15) is 6.04 Å². The predicted molar refractivity (Wildman–Crippen MR) is 108 cm³/mol. The molecule has 2 aromatic carbocycles. The van der Waals surface area contributed by atoms with Crippen LogP contribution in [0.4, 0.5) is 0 Å². The average molecular weight is 392 g/mol. The normalized spacial score (nSPS) is 11.3. The van der Waals surface area contributed by atoms with E-state index in [1.807, 2.05) is 42.5 Å². The zero-order valence-electron chi connectivity index (χ0n) is 15.4. The van der Waals surface area contributed by atoms with Crippen molar-refractivity contribution in [1.82, 2.24) is 5.32 Å². The fraction of sp³-hybridized carbons (Fsp3) is 0.333. The van der Waals surface area contributed by atoms with Crippen LogP contribution in [0.5, 0.6) is 0 Å². The van der Waals surface area contributed by atoms with Gasteiger partial charge in [-0.2, -0.15) is 0 Å². The van der Waals surface area contributed by atoms with Gasteiger partial charge in [-0.3, -0.25) is 9.59 Å². The fourth-order valence-electron chi connectivity index (χ4n) is 2.68. The third-order valence-corrected chi connectivity index (χ3v) is 4.16. The van der Waals surface area contributed by atoms with E-state index in [-0.39, 0.29) is 31.2 Å². The molecule has 1 atom stereocenters. The second-order valence-electron chi connectivity index (χ2n) is 6.03. The predicted octanol–water partition coefficient (Wildman–Crippen LogP) is 3.25. The molecular weight excluding hydrogens is 366 g/mol. The maximum atomic E-state index is 12.5. The lowest BCUT2D eigenvalue weighted by Crippen LogP contribution is -2.40. The Hall–Kier alpha value is -2.21. The molecule has 2 N–H and O–H groups in total. The molecule has 0 amide bonds. The molecule has 0 saturated carbocycles. The summed E-state index contributed by atoms with van der Waals surface area (Å²) in [5.41, 5.74) is 2.69. The zero-order valence-corrected chi connectivity index (χ0v) is 16.2. The van der Waals surface area contributed by atoms with Gasteiger partial charge >= 0.3 is 5.97 Å². The van der Waals surface area contributed by atoms with Crippen molar-refractivity contribution in [3.63, 3.8) is 0 Å². The second kappa shape index (κ2) is 12.2. The number of esters is 1. The highest BCUT2D eigenvalue weighted by Crippen LogP contribution is 2.20. The van der Waals surface area contributed by atoms with Crippen molar-refractivity contribution in [2.75, 3.05) is 20.3 Å². The molecule has 1 unspecified atom stereocenters. The van der Waals surface area contributed by atoms with Crippen molar-refractivity contribution in [3.8, 4) is 11.1 Å². The van der Waals surface area contributed by atoms with Gasteiger partial charge in [0.15, 0.2) is 5.78 Å². The standard InChI is InChI=1S/C21H25NO4.ClH/c1-26-21(25)19(22-13-5-6-14-23)15-20(24)18-11-9-17(10-12-18)16-7-3-2-4-8-16;/h2-4,7-12,19,22-23H,5-6,13-15H2,1H3;1H. The first kappa shape index (κ1) is 22.8. The van der Waals surface area contributed by atoms with Gasteiger partial charge in [0.25, 0.3) is 0 Å². The summed E-state index contributed by atoms with van der Waals surface area (Å²) >= 11 is 0. The summed E-state index contributed by atoms with van der Waals surface area (Å²) in [6.45, 7) is 0.651. The number of nitrogens with one attached hydrogen (secondary N) is 1. The molecule has 0 saturated heterocycles. The maximum Gasteiger partial charge on any atom is 0.323 e. The second-order valence-corrected chi connectivity index (χ2v) is 6.03. The van der Waals surface area contributed by atoms with Gasteiger partial charge in [0.05, 0.1) is 7.11 Å². The van der Waals surface area contributed by atoms with Crippen LogP contribution in [0.3, 0.4) is 0 Å². The topological polar surface area (TPSA) is 75.6 Å². The molecule has 0 aliphatic carbocycles. The van der Waals surface area contributed by atoms with E-state index < -0.39 is 12.0 Å². The van der Waals surface area contributed by atoms with Crippen LogP contribution >= 0.6 is 12.4 Å². The van der Waals surface area contributed by atoms with Crippen molar-refractivity contribution in [2.24, 2.45) is 0 Å². The van der Waals surface area contributed by atoms with E-state index in [4.69, 9.17) is 9.84 Å². The molecule has 0 aliphatic rings. The first-order chi connectivity index (χ1) is 12.7. The van der Waals surface area contributed by atoms with Crippen LogP contribution in [0.1, 0.15) is 29.6 Å². The van der Waals surface area contributed by atoms with E-state index in [1.54, 1.807) is 12.1 Å². The van der Waals surface area contributed by atoms with E-state index in [0.29, 0.717) is 18.5 Å². The van der Waals surface area contributed by atoms with Crippen molar-refractivity contribution in [1.29, 1.82) is 0 Å². The number of benzene rings is 2. The highest BCUT2D eigenvalue weighted by Gasteiger charge is 2.22.